The van der Waals surface area contributed by atoms with E-state index in [0.717, 1.165) is 10.7 Å². The van der Waals surface area contributed by atoms with Crippen molar-refractivity contribution in [3.8, 4) is 0 Å². The molecule has 2 aromatic rings. The van der Waals surface area contributed by atoms with E-state index in [2.05, 4.69) is 10.1 Å². The summed E-state index contributed by atoms with van der Waals surface area (Å²) in [6.07, 6.45) is 0. The van der Waals surface area contributed by atoms with E-state index in [9.17, 15) is 0 Å². The van der Waals surface area contributed by atoms with Gasteiger partial charge < -0.3 is 5.73 Å². The molecule has 0 saturated carbocycles. The van der Waals surface area contributed by atoms with Crippen LogP contribution in [0.25, 0.3) is 0 Å². The highest BCUT2D eigenvalue weighted by molar-refractivity contribution is 7.99. The largest absolute Gasteiger partial charge is 0.397 e. The third kappa shape index (κ3) is 2.31. The van der Waals surface area contributed by atoms with E-state index in [-0.39, 0.29) is 0 Å². The highest BCUT2D eigenvalue weighted by Crippen LogP contribution is 2.31. The maximum absolute atomic E-state index is 5.83. The van der Waals surface area contributed by atoms with Crippen molar-refractivity contribution in [1.82, 2.24) is 14.8 Å². The maximum atomic E-state index is 5.83. The fourth-order valence-electron chi connectivity index (χ4n) is 1.29. The first-order valence-corrected chi connectivity index (χ1v) is 5.86. The minimum atomic E-state index is 0.440. The van der Waals surface area contributed by atoms with Crippen LogP contribution in [0.1, 0.15) is 5.69 Å². The van der Waals surface area contributed by atoms with E-state index in [1.807, 2.05) is 20.0 Å². The van der Waals surface area contributed by atoms with Gasteiger partial charge in [0.15, 0.2) is 0 Å². The minimum absolute atomic E-state index is 0.440. The summed E-state index contributed by atoms with van der Waals surface area (Å²) < 4.78 is 1.79. The van der Waals surface area contributed by atoms with Crippen molar-refractivity contribution in [2.24, 2.45) is 7.05 Å². The molecular weight excluding hydrogens is 244 g/mol. The Bertz CT molecular complexity index is 524. The number of nitrogen functional groups attached to an aromatic ring is 1. The first-order valence-electron chi connectivity index (χ1n) is 4.67. The van der Waals surface area contributed by atoms with Gasteiger partial charge in [-0.3, -0.25) is 4.68 Å². The van der Waals surface area contributed by atoms with Crippen LogP contribution in [0.2, 0.25) is 5.15 Å². The smallest absolute Gasteiger partial charge is 0.130 e. The normalized spacial score (nSPS) is 10.7. The molecule has 0 fully saturated rings. The molecule has 2 rings (SSSR count). The lowest BCUT2D eigenvalue weighted by Crippen LogP contribution is -1.95. The van der Waals surface area contributed by atoms with Crippen LogP contribution in [-0.2, 0) is 7.05 Å². The number of rotatable bonds is 2. The summed E-state index contributed by atoms with van der Waals surface area (Å²) in [6.45, 7) is 1.94. The van der Waals surface area contributed by atoms with Crippen LogP contribution < -0.4 is 5.73 Å². The molecule has 6 heteroatoms. The summed E-state index contributed by atoms with van der Waals surface area (Å²) in [6, 6.07) is 5.41. The topological polar surface area (TPSA) is 56.7 Å². The van der Waals surface area contributed by atoms with E-state index in [0.29, 0.717) is 15.9 Å². The number of anilines is 1. The van der Waals surface area contributed by atoms with Gasteiger partial charge >= 0.3 is 0 Å². The van der Waals surface area contributed by atoms with Crippen molar-refractivity contribution in [1.29, 1.82) is 0 Å². The number of hydrogen-bond acceptors (Lipinski definition) is 4. The van der Waals surface area contributed by atoms with Crippen molar-refractivity contribution in [2.75, 3.05) is 5.73 Å². The summed E-state index contributed by atoms with van der Waals surface area (Å²) in [7, 11) is 1.88. The molecule has 0 aromatic carbocycles. The summed E-state index contributed by atoms with van der Waals surface area (Å²) in [5, 5.41) is 6.38. The Morgan fingerprint density at radius 3 is 2.81 bits per heavy atom. The molecule has 0 saturated heterocycles. The third-order valence-electron chi connectivity index (χ3n) is 2.02. The van der Waals surface area contributed by atoms with Gasteiger partial charge in [-0.2, -0.15) is 5.10 Å². The zero-order chi connectivity index (χ0) is 11.7. The zero-order valence-electron chi connectivity index (χ0n) is 8.94. The second kappa shape index (κ2) is 4.35. The Balaban J connectivity index is 2.33. The van der Waals surface area contributed by atoms with Crippen LogP contribution in [0.4, 0.5) is 5.69 Å². The van der Waals surface area contributed by atoms with Crippen LogP contribution in [0.15, 0.2) is 28.3 Å². The molecule has 0 amide bonds. The Kier molecular flexibility index (Phi) is 3.07. The molecule has 2 N–H and O–H groups in total. The molecule has 0 bridgehead atoms. The van der Waals surface area contributed by atoms with E-state index < -0.39 is 0 Å². The molecule has 0 aliphatic carbocycles. The monoisotopic (exact) mass is 254 g/mol. The Hall–Kier alpha value is -1.20. The van der Waals surface area contributed by atoms with Crippen LogP contribution in [0.5, 0.6) is 0 Å². The van der Waals surface area contributed by atoms with Crippen LogP contribution in [-0.4, -0.2) is 14.8 Å². The second-order valence-electron chi connectivity index (χ2n) is 3.38. The second-order valence-corrected chi connectivity index (χ2v) is 4.77. The number of nitrogens with zero attached hydrogens (tertiary/aromatic N) is 3. The van der Waals surface area contributed by atoms with Gasteiger partial charge in [0.1, 0.15) is 15.2 Å². The molecule has 2 aromatic heterocycles. The quantitative estimate of drug-likeness (QED) is 0.837. The number of pyridine rings is 1. The Morgan fingerprint density at radius 1 is 1.44 bits per heavy atom. The van der Waals surface area contributed by atoms with Crippen LogP contribution in [0, 0.1) is 6.92 Å². The lowest BCUT2D eigenvalue weighted by molar-refractivity contribution is 0.692. The minimum Gasteiger partial charge on any atom is -0.397 e. The molecule has 0 radical (unpaired) electrons. The van der Waals surface area contributed by atoms with Gasteiger partial charge in [-0.1, -0.05) is 11.6 Å². The molecule has 84 valence electrons. The number of nitrogens with two attached hydrogens (primary N) is 1. The Morgan fingerprint density at radius 2 is 2.19 bits per heavy atom. The molecule has 2 heterocycles. The highest BCUT2D eigenvalue weighted by Gasteiger charge is 2.08. The lowest BCUT2D eigenvalue weighted by atomic mass is 10.4. The number of hydrogen-bond donors (Lipinski definition) is 1. The van der Waals surface area contributed by atoms with Gasteiger partial charge in [0.05, 0.1) is 11.4 Å². The van der Waals surface area contributed by atoms with Gasteiger partial charge in [0.25, 0.3) is 0 Å². The standard InChI is InChI=1S/C10H11ClN4S/c1-6-5-9(15(2)14-6)16-10-7(12)3-4-8(11)13-10/h3-5H,12H2,1-2H3. The van der Waals surface area contributed by atoms with Crippen molar-refractivity contribution in [2.45, 2.75) is 17.0 Å². The molecular formula is C10H11ClN4S. The van der Waals surface area contributed by atoms with Gasteiger partial charge in [-0.15, -0.1) is 0 Å². The van der Waals surface area contributed by atoms with Crippen LogP contribution >= 0.6 is 23.4 Å². The predicted octanol–water partition coefficient (Wildman–Crippen LogP) is 2.51. The average Bonchev–Trinajstić information content (AvgIpc) is 2.51. The number of aryl methyl sites for hydroxylation is 2. The maximum Gasteiger partial charge on any atom is 0.130 e. The predicted molar refractivity (Wildman–Crippen MR) is 65.7 cm³/mol. The molecule has 0 spiro atoms. The molecule has 0 aliphatic heterocycles. The fraction of sp³-hybridized carbons (Fsp3) is 0.200. The van der Waals surface area contributed by atoms with Gasteiger partial charge in [0, 0.05) is 7.05 Å². The van der Waals surface area contributed by atoms with E-state index in [1.54, 1.807) is 16.8 Å². The Labute approximate surface area is 103 Å². The fourth-order valence-corrected chi connectivity index (χ4v) is 2.42. The summed E-state index contributed by atoms with van der Waals surface area (Å²) >= 11 is 7.28. The number of aromatic nitrogens is 3. The van der Waals surface area contributed by atoms with Gasteiger partial charge in [-0.05, 0) is 36.9 Å². The molecule has 0 unspecified atom stereocenters. The van der Waals surface area contributed by atoms with Crippen molar-refractivity contribution >= 4 is 29.1 Å². The third-order valence-corrected chi connectivity index (χ3v) is 3.34. The summed E-state index contributed by atoms with van der Waals surface area (Å²) in [5.41, 5.74) is 7.40. The van der Waals surface area contributed by atoms with Gasteiger partial charge in [-0.25, -0.2) is 4.98 Å². The summed E-state index contributed by atoms with van der Waals surface area (Å²) in [4.78, 5) is 4.18. The SMILES string of the molecule is Cc1cc(Sc2nc(Cl)ccc2N)n(C)n1. The van der Waals surface area contributed by atoms with Crippen LogP contribution in [0.3, 0.4) is 0 Å². The molecule has 0 atom stereocenters. The number of halogens is 1. The van der Waals surface area contributed by atoms with E-state index in [1.165, 1.54) is 11.8 Å². The first kappa shape index (κ1) is 11.3. The molecule has 16 heavy (non-hydrogen) atoms. The van der Waals surface area contributed by atoms with E-state index >= 15 is 0 Å². The first-order chi connectivity index (χ1) is 7.56. The molecule has 0 aliphatic rings. The summed E-state index contributed by atoms with van der Waals surface area (Å²) in [5.74, 6) is 0. The molecule has 4 nitrogen and oxygen atoms in total. The highest BCUT2D eigenvalue weighted by atomic mass is 35.5. The van der Waals surface area contributed by atoms with Gasteiger partial charge in [0.2, 0.25) is 0 Å². The average molecular weight is 255 g/mol. The van der Waals surface area contributed by atoms with E-state index in [4.69, 9.17) is 17.3 Å². The van der Waals surface area contributed by atoms with Crippen molar-refractivity contribution < 1.29 is 0 Å². The van der Waals surface area contributed by atoms with Crippen molar-refractivity contribution in [3.63, 3.8) is 0 Å². The lowest BCUT2D eigenvalue weighted by Gasteiger charge is -2.04. The van der Waals surface area contributed by atoms with Crippen molar-refractivity contribution in [3.05, 3.63) is 29.0 Å². The zero-order valence-corrected chi connectivity index (χ0v) is 10.5.